The molecule has 10 heteroatoms. The fourth-order valence-electron chi connectivity index (χ4n) is 4.80. The molecule has 3 atom stereocenters. The van der Waals surface area contributed by atoms with Gasteiger partial charge in [0.15, 0.2) is 0 Å². The van der Waals surface area contributed by atoms with Crippen molar-refractivity contribution in [1.29, 1.82) is 0 Å². The summed E-state index contributed by atoms with van der Waals surface area (Å²) < 4.78 is 38.1. The largest absolute Gasteiger partial charge is 0.479 e. The molecule has 0 bridgehead atoms. The minimum absolute atomic E-state index is 0.0146. The summed E-state index contributed by atoms with van der Waals surface area (Å²) in [4.78, 5) is 8.88. The Morgan fingerprint density at radius 2 is 2.06 bits per heavy atom. The SMILES string of the molecule is COc1nc(/C=C/C2NC3C(c4ccccc4OC(F)F)CCCN3N2)ccc1-n1cnc(C)c1. The molecule has 1 aromatic carbocycles. The normalized spacial score (nSPS) is 22.6. The number of hydrogen-bond acceptors (Lipinski definition) is 7. The van der Waals surface area contributed by atoms with Crippen LogP contribution in [0.15, 0.2) is 55.0 Å². The van der Waals surface area contributed by atoms with Gasteiger partial charge in [0.05, 0.1) is 37.2 Å². The number of ether oxygens (including phenoxy) is 2. The highest BCUT2D eigenvalue weighted by Crippen LogP contribution is 2.38. The maximum absolute atomic E-state index is 12.9. The van der Waals surface area contributed by atoms with Crippen molar-refractivity contribution in [1.82, 2.24) is 30.3 Å². The Kier molecular flexibility index (Phi) is 6.76. The van der Waals surface area contributed by atoms with Gasteiger partial charge in [-0.15, -0.1) is 0 Å². The van der Waals surface area contributed by atoms with Crippen molar-refractivity contribution in [3.05, 3.63) is 71.9 Å². The highest BCUT2D eigenvalue weighted by Gasteiger charge is 2.39. The van der Waals surface area contributed by atoms with E-state index in [0.717, 1.165) is 42.0 Å². The smallest absolute Gasteiger partial charge is 0.387 e. The van der Waals surface area contributed by atoms with E-state index < -0.39 is 6.61 Å². The summed E-state index contributed by atoms with van der Waals surface area (Å²) in [5.41, 5.74) is 6.73. The van der Waals surface area contributed by atoms with Gasteiger partial charge in [0.1, 0.15) is 11.4 Å². The number of hydrazine groups is 1. The first-order chi connectivity index (χ1) is 17.0. The van der Waals surface area contributed by atoms with Gasteiger partial charge in [0, 0.05) is 24.2 Å². The van der Waals surface area contributed by atoms with Crippen molar-refractivity contribution in [2.24, 2.45) is 0 Å². The molecule has 2 aromatic heterocycles. The molecule has 2 N–H and O–H groups in total. The third-order valence-electron chi connectivity index (χ3n) is 6.33. The lowest BCUT2D eigenvalue weighted by atomic mass is 9.87. The first-order valence-corrected chi connectivity index (χ1v) is 11.6. The molecule has 0 aliphatic carbocycles. The van der Waals surface area contributed by atoms with Gasteiger partial charge in [0.25, 0.3) is 0 Å². The van der Waals surface area contributed by atoms with Crippen LogP contribution < -0.4 is 20.2 Å². The number of imidazole rings is 1. The molecule has 2 aliphatic rings. The van der Waals surface area contributed by atoms with E-state index in [1.165, 1.54) is 0 Å². The van der Waals surface area contributed by atoms with Crippen molar-refractivity contribution in [3.63, 3.8) is 0 Å². The van der Waals surface area contributed by atoms with Crippen LogP contribution >= 0.6 is 0 Å². The molecule has 2 fully saturated rings. The maximum Gasteiger partial charge on any atom is 0.387 e. The minimum Gasteiger partial charge on any atom is -0.479 e. The summed E-state index contributed by atoms with van der Waals surface area (Å²) in [6.45, 7) is -0.0611. The minimum atomic E-state index is -2.85. The maximum atomic E-state index is 12.9. The van der Waals surface area contributed by atoms with E-state index >= 15 is 0 Å². The van der Waals surface area contributed by atoms with E-state index in [0.29, 0.717) is 5.88 Å². The van der Waals surface area contributed by atoms with Crippen molar-refractivity contribution in [3.8, 4) is 17.3 Å². The molecule has 5 rings (SSSR count). The highest BCUT2D eigenvalue weighted by atomic mass is 19.3. The summed E-state index contributed by atoms with van der Waals surface area (Å²) in [7, 11) is 1.59. The average molecular weight is 483 g/mol. The van der Waals surface area contributed by atoms with Crippen LogP contribution in [0.3, 0.4) is 0 Å². The Hall–Kier alpha value is -3.34. The van der Waals surface area contributed by atoms with Gasteiger partial charge >= 0.3 is 6.61 Å². The summed E-state index contributed by atoms with van der Waals surface area (Å²) in [6, 6.07) is 10.9. The van der Waals surface area contributed by atoms with Crippen LogP contribution in [0.4, 0.5) is 8.78 Å². The van der Waals surface area contributed by atoms with Crippen LogP contribution in [-0.2, 0) is 0 Å². The van der Waals surface area contributed by atoms with E-state index in [2.05, 4.69) is 25.7 Å². The van der Waals surface area contributed by atoms with Gasteiger partial charge in [-0.05, 0) is 50.1 Å². The second-order valence-corrected chi connectivity index (χ2v) is 8.62. The van der Waals surface area contributed by atoms with Crippen LogP contribution in [0.2, 0.25) is 0 Å². The monoisotopic (exact) mass is 482 g/mol. The first kappa shape index (κ1) is 23.4. The van der Waals surface area contributed by atoms with Crippen LogP contribution in [0.5, 0.6) is 11.6 Å². The lowest BCUT2D eigenvalue weighted by molar-refractivity contribution is -0.0511. The van der Waals surface area contributed by atoms with E-state index in [-0.39, 0.29) is 24.0 Å². The lowest BCUT2D eigenvalue weighted by Gasteiger charge is -2.36. The molecule has 184 valence electrons. The second kappa shape index (κ2) is 10.1. The van der Waals surface area contributed by atoms with E-state index in [1.54, 1.807) is 25.6 Å². The number of pyridine rings is 1. The van der Waals surface area contributed by atoms with E-state index in [1.807, 2.05) is 54.1 Å². The van der Waals surface area contributed by atoms with Crippen LogP contribution in [0, 0.1) is 6.92 Å². The third-order valence-corrected chi connectivity index (χ3v) is 6.33. The highest BCUT2D eigenvalue weighted by molar-refractivity contribution is 5.52. The van der Waals surface area contributed by atoms with Crippen molar-refractivity contribution in [2.45, 2.75) is 44.6 Å². The summed E-state index contributed by atoms with van der Waals surface area (Å²) in [5.74, 6) is 0.755. The van der Waals surface area contributed by atoms with Gasteiger partial charge in [-0.2, -0.15) is 8.78 Å². The average Bonchev–Trinajstić information content (AvgIpc) is 3.48. The van der Waals surface area contributed by atoms with Crippen LogP contribution in [0.25, 0.3) is 11.8 Å². The van der Waals surface area contributed by atoms with Gasteiger partial charge in [0.2, 0.25) is 5.88 Å². The number of halogens is 2. The summed E-state index contributed by atoms with van der Waals surface area (Å²) in [6.07, 6.45) is 9.22. The zero-order chi connectivity index (χ0) is 24.4. The number of piperidine rings is 1. The van der Waals surface area contributed by atoms with Gasteiger partial charge in [-0.25, -0.2) is 20.4 Å². The molecule has 8 nitrogen and oxygen atoms in total. The predicted octanol–water partition coefficient (Wildman–Crippen LogP) is 3.84. The molecule has 3 aromatic rings. The fraction of sp³-hybridized carbons (Fsp3) is 0.360. The van der Waals surface area contributed by atoms with Crippen molar-refractivity contribution < 1.29 is 18.3 Å². The van der Waals surface area contributed by atoms with E-state index in [9.17, 15) is 8.78 Å². The van der Waals surface area contributed by atoms with Gasteiger partial charge in [-0.3, -0.25) is 5.32 Å². The Balaban J connectivity index is 1.31. The number of aryl methyl sites for hydroxylation is 1. The molecule has 0 spiro atoms. The lowest BCUT2D eigenvalue weighted by Crippen LogP contribution is -2.47. The Bertz CT molecular complexity index is 1200. The molecule has 0 amide bonds. The molecule has 2 saturated heterocycles. The molecule has 35 heavy (non-hydrogen) atoms. The molecule has 0 saturated carbocycles. The fourth-order valence-corrected chi connectivity index (χ4v) is 4.80. The number of fused-ring (bicyclic) bond motifs is 1. The Labute approximate surface area is 202 Å². The summed E-state index contributed by atoms with van der Waals surface area (Å²) >= 11 is 0. The number of alkyl halides is 2. The first-order valence-electron chi connectivity index (χ1n) is 11.6. The predicted molar refractivity (Wildman–Crippen MR) is 127 cm³/mol. The number of aromatic nitrogens is 3. The quantitative estimate of drug-likeness (QED) is 0.530. The van der Waals surface area contributed by atoms with Crippen molar-refractivity contribution >= 4 is 6.08 Å². The van der Waals surface area contributed by atoms with Gasteiger partial charge in [-0.1, -0.05) is 18.2 Å². The number of nitrogens with one attached hydrogen (secondary N) is 2. The number of hydrogen-bond donors (Lipinski definition) is 2. The Morgan fingerprint density at radius 3 is 2.83 bits per heavy atom. The number of nitrogens with zero attached hydrogens (tertiary/aromatic N) is 4. The van der Waals surface area contributed by atoms with Crippen LogP contribution in [-0.4, -0.2) is 52.1 Å². The molecule has 0 radical (unpaired) electrons. The van der Waals surface area contributed by atoms with Crippen molar-refractivity contribution in [2.75, 3.05) is 13.7 Å². The summed E-state index contributed by atoms with van der Waals surface area (Å²) in [5, 5.41) is 5.71. The number of benzene rings is 1. The number of rotatable bonds is 7. The number of methoxy groups -OCH3 is 1. The topological polar surface area (TPSA) is 76.5 Å². The van der Waals surface area contributed by atoms with Gasteiger partial charge < -0.3 is 14.0 Å². The number of para-hydroxylation sites is 1. The third kappa shape index (κ3) is 5.04. The molecular formula is C25H28F2N6O2. The second-order valence-electron chi connectivity index (χ2n) is 8.62. The molecule has 2 aliphatic heterocycles. The zero-order valence-corrected chi connectivity index (χ0v) is 19.6. The van der Waals surface area contributed by atoms with Crippen LogP contribution in [0.1, 0.15) is 35.7 Å². The zero-order valence-electron chi connectivity index (χ0n) is 19.6. The standard InChI is InChI=1S/C25H28F2N6O2/c1-16-14-32(15-28-16)20-11-9-17(29-24(20)34-2)10-12-22-30-23-19(7-5-13-33(23)31-22)18-6-3-4-8-21(18)35-25(26)27/h3-4,6,8-12,14-15,19,22-23,25,30-31H,5,7,13H2,1-2H3/b12-10+. The molecular weight excluding hydrogens is 454 g/mol. The molecule has 3 unspecified atom stereocenters. The Morgan fingerprint density at radius 1 is 1.20 bits per heavy atom. The molecule has 4 heterocycles. The van der Waals surface area contributed by atoms with E-state index in [4.69, 9.17) is 9.47 Å².